The summed E-state index contributed by atoms with van der Waals surface area (Å²) in [5.41, 5.74) is 1.26. The highest BCUT2D eigenvalue weighted by molar-refractivity contribution is 5.85. The monoisotopic (exact) mass is 210 g/mol. The average molecular weight is 210 g/mol. The molecule has 80 valence electrons. The molecular weight excluding hydrogens is 199 g/mol. The van der Waals surface area contributed by atoms with Crippen molar-refractivity contribution in [2.45, 2.75) is 6.61 Å². The van der Waals surface area contributed by atoms with Gasteiger partial charge >= 0.3 is 5.97 Å². The fourth-order valence-electron chi connectivity index (χ4n) is 1.17. The van der Waals surface area contributed by atoms with E-state index in [-0.39, 0.29) is 0 Å². The van der Waals surface area contributed by atoms with Crippen LogP contribution in [0.4, 0.5) is 4.39 Å². The Morgan fingerprint density at radius 1 is 1.60 bits per heavy atom. The van der Waals surface area contributed by atoms with Crippen LogP contribution in [0.1, 0.15) is 11.1 Å². The summed E-state index contributed by atoms with van der Waals surface area (Å²) >= 11 is 0. The third-order valence-corrected chi connectivity index (χ3v) is 1.81. The molecule has 4 heteroatoms. The Morgan fingerprint density at radius 2 is 2.33 bits per heavy atom. The van der Waals surface area contributed by atoms with Crippen LogP contribution in [0.3, 0.4) is 0 Å². The van der Waals surface area contributed by atoms with Gasteiger partial charge in [-0.3, -0.25) is 0 Å². The van der Waals surface area contributed by atoms with Crippen molar-refractivity contribution < 1.29 is 19.0 Å². The summed E-state index contributed by atoms with van der Waals surface area (Å²) in [6, 6.07) is 4.15. The van der Waals surface area contributed by atoms with E-state index in [0.717, 1.165) is 11.6 Å². The number of rotatable bonds is 4. The predicted octanol–water partition coefficient (Wildman–Crippen LogP) is 2.07. The van der Waals surface area contributed by atoms with E-state index in [9.17, 15) is 9.18 Å². The lowest BCUT2D eigenvalue weighted by molar-refractivity contribution is -0.131. The van der Waals surface area contributed by atoms with Gasteiger partial charge in [0, 0.05) is 13.2 Å². The molecule has 1 N–H and O–H groups in total. The lowest BCUT2D eigenvalue weighted by atomic mass is 10.1. The van der Waals surface area contributed by atoms with Crippen molar-refractivity contribution >= 4 is 12.0 Å². The Morgan fingerprint density at radius 3 is 2.93 bits per heavy atom. The van der Waals surface area contributed by atoms with E-state index in [1.54, 1.807) is 6.07 Å². The molecule has 1 rings (SSSR count). The Kier molecular flexibility index (Phi) is 4.00. The van der Waals surface area contributed by atoms with Crippen molar-refractivity contribution in [2.24, 2.45) is 0 Å². The highest BCUT2D eigenvalue weighted by atomic mass is 19.1. The summed E-state index contributed by atoms with van der Waals surface area (Å²) in [5.74, 6) is -1.47. The van der Waals surface area contributed by atoms with Gasteiger partial charge in [0.15, 0.2) is 0 Å². The Hall–Kier alpha value is -1.68. The van der Waals surface area contributed by atoms with Gasteiger partial charge < -0.3 is 9.84 Å². The average Bonchev–Trinajstić information content (AvgIpc) is 2.18. The number of hydrogen-bond acceptors (Lipinski definition) is 2. The molecule has 0 aliphatic carbocycles. The maximum atomic E-state index is 12.9. The number of benzene rings is 1. The second-order valence-corrected chi connectivity index (χ2v) is 2.95. The molecule has 0 atom stereocenters. The highest BCUT2D eigenvalue weighted by Crippen LogP contribution is 2.14. The van der Waals surface area contributed by atoms with Crippen molar-refractivity contribution in [1.82, 2.24) is 0 Å². The summed E-state index contributed by atoms with van der Waals surface area (Å²) in [7, 11) is 1.52. The fourth-order valence-corrected chi connectivity index (χ4v) is 1.17. The Balaban J connectivity index is 3.01. The molecule has 1 aromatic rings. The molecule has 0 saturated carbocycles. The third-order valence-electron chi connectivity index (χ3n) is 1.81. The van der Waals surface area contributed by atoms with E-state index in [2.05, 4.69) is 0 Å². The lowest BCUT2D eigenvalue weighted by Crippen LogP contribution is -1.93. The van der Waals surface area contributed by atoms with Crippen LogP contribution in [0.5, 0.6) is 0 Å². The normalized spacial score (nSPS) is 10.8. The van der Waals surface area contributed by atoms with Crippen molar-refractivity contribution in [3.05, 3.63) is 41.2 Å². The number of carbonyl (C=O) groups is 1. The number of hydrogen-bond donors (Lipinski definition) is 1. The first-order chi connectivity index (χ1) is 7.13. The fraction of sp³-hybridized carbons (Fsp3) is 0.182. The van der Waals surface area contributed by atoms with Crippen molar-refractivity contribution in [2.75, 3.05) is 7.11 Å². The smallest absolute Gasteiger partial charge is 0.328 e. The van der Waals surface area contributed by atoms with Gasteiger partial charge in [0.25, 0.3) is 0 Å². The van der Waals surface area contributed by atoms with Crippen LogP contribution in [0.15, 0.2) is 24.3 Å². The highest BCUT2D eigenvalue weighted by Gasteiger charge is 2.01. The van der Waals surface area contributed by atoms with Crippen LogP contribution in [0, 0.1) is 5.82 Å². The zero-order chi connectivity index (χ0) is 11.3. The summed E-state index contributed by atoms with van der Waals surface area (Å²) in [5, 5.41) is 8.45. The molecule has 15 heavy (non-hydrogen) atoms. The zero-order valence-corrected chi connectivity index (χ0v) is 8.24. The summed E-state index contributed by atoms with van der Waals surface area (Å²) in [6.45, 7) is 0.319. The summed E-state index contributed by atoms with van der Waals surface area (Å²) < 4.78 is 17.8. The maximum absolute atomic E-state index is 12.9. The van der Waals surface area contributed by atoms with Gasteiger partial charge in [-0.1, -0.05) is 6.07 Å². The second-order valence-electron chi connectivity index (χ2n) is 2.95. The van der Waals surface area contributed by atoms with Crippen LogP contribution in [0.2, 0.25) is 0 Å². The standard InChI is InChI=1S/C11H11FO3/c1-15-7-9-2-4-10(12)6-8(9)3-5-11(13)14/h2-6H,7H2,1H3,(H,13,14). The van der Waals surface area contributed by atoms with E-state index >= 15 is 0 Å². The number of aliphatic carboxylic acids is 1. The first kappa shape index (κ1) is 11.4. The summed E-state index contributed by atoms with van der Waals surface area (Å²) in [4.78, 5) is 10.3. The van der Waals surface area contributed by atoms with Crippen molar-refractivity contribution in [1.29, 1.82) is 0 Å². The van der Waals surface area contributed by atoms with E-state index in [4.69, 9.17) is 9.84 Å². The largest absolute Gasteiger partial charge is 0.478 e. The van der Waals surface area contributed by atoms with E-state index in [1.807, 2.05) is 0 Å². The Bertz CT molecular complexity index is 385. The molecule has 1 aromatic carbocycles. The first-order valence-electron chi connectivity index (χ1n) is 4.32. The van der Waals surface area contributed by atoms with Crippen LogP contribution in [-0.2, 0) is 16.1 Å². The molecule has 0 radical (unpaired) electrons. The molecule has 0 heterocycles. The molecule has 3 nitrogen and oxygen atoms in total. The topological polar surface area (TPSA) is 46.5 Å². The number of methoxy groups -OCH3 is 1. The molecule has 0 unspecified atom stereocenters. The van der Waals surface area contributed by atoms with E-state index in [1.165, 1.54) is 25.3 Å². The van der Waals surface area contributed by atoms with Gasteiger partial charge in [0.1, 0.15) is 5.82 Å². The zero-order valence-electron chi connectivity index (χ0n) is 8.24. The molecule has 0 spiro atoms. The van der Waals surface area contributed by atoms with Gasteiger partial charge in [0.05, 0.1) is 6.61 Å². The van der Waals surface area contributed by atoms with Crippen LogP contribution in [-0.4, -0.2) is 18.2 Å². The van der Waals surface area contributed by atoms with E-state index in [0.29, 0.717) is 12.2 Å². The van der Waals surface area contributed by atoms with Crippen LogP contribution < -0.4 is 0 Å². The van der Waals surface area contributed by atoms with Gasteiger partial charge in [-0.25, -0.2) is 9.18 Å². The first-order valence-corrected chi connectivity index (χ1v) is 4.32. The predicted molar refractivity (Wildman–Crippen MR) is 53.8 cm³/mol. The van der Waals surface area contributed by atoms with Gasteiger partial charge in [0.2, 0.25) is 0 Å². The Labute approximate surface area is 86.8 Å². The van der Waals surface area contributed by atoms with E-state index < -0.39 is 11.8 Å². The van der Waals surface area contributed by atoms with Crippen molar-refractivity contribution in [3.8, 4) is 0 Å². The minimum absolute atomic E-state index is 0.319. The molecule has 0 saturated heterocycles. The lowest BCUT2D eigenvalue weighted by Gasteiger charge is -2.04. The number of carboxylic acids is 1. The van der Waals surface area contributed by atoms with Crippen LogP contribution >= 0.6 is 0 Å². The molecular formula is C11H11FO3. The van der Waals surface area contributed by atoms with Gasteiger partial charge in [-0.05, 0) is 29.3 Å². The number of halogens is 1. The van der Waals surface area contributed by atoms with Gasteiger partial charge in [-0.2, -0.15) is 0 Å². The van der Waals surface area contributed by atoms with Gasteiger partial charge in [-0.15, -0.1) is 0 Å². The number of carboxylic acid groups (broad SMARTS) is 1. The molecule has 0 amide bonds. The second kappa shape index (κ2) is 5.26. The minimum atomic E-state index is -1.07. The molecule has 0 aliphatic heterocycles. The SMILES string of the molecule is COCc1ccc(F)cc1C=CC(=O)O. The molecule has 0 bridgehead atoms. The maximum Gasteiger partial charge on any atom is 0.328 e. The number of ether oxygens (including phenoxy) is 1. The quantitative estimate of drug-likeness (QED) is 0.774. The molecule has 0 aromatic heterocycles. The van der Waals surface area contributed by atoms with Crippen LogP contribution in [0.25, 0.3) is 6.08 Å². The summed E-state index contributed by atoms with van der Waals surface area (Å²) in [6.07, 6.45) is 2.31. The molecule has 0 aliphatic rings. The third kappa shape index (κ3) is 3.52. The molecule has 0 fully saturated rings. The van der Waals surface area contributed by atoms with Crippen molar-refractivity contribution in [3.63, 3.8) is 0 Å². The minimum Gasteiger partial charge on any atom is -0.478 e.